The Morgan fingerprint density at radius 1 is 1.46 bits per heavy atom. The average molecular weight is 201 g/mol. The van der Waals surface area contributed by atoms with Crippen molar-refractivity contribution in [2.45, 2.75) is 26.8 Å². The predicted octanol–water partition coefficient (Wildman–Crippen LogP) is 2.88. The summed E-state index contributed by atoms with van der Waals surface area (Å²) in [5, 5.41) is 0. The Morgan fingerprint density at radius 3 is 2.31 bits per heavy atom. The van der Waals surface area contributed by atoms with Gasteiger partial charge in [0.15, 0.2) is 0 Å². The molecule has 0 aliphatic rings. The normalized spacial score (nSPS) is 13.8. The minimum absolute atomic E-state index is 0.539. The van der Waals surface area contributed by atoms with Crippen LogP contribution in [-0.4, -0.2) is 36.5 Å². The second-order valence-electron chi connectivity index (χ2n) is 4.15. The standard InChI is InChI=1S/C11H23NS/c1-9(2)7-12(5)11(8-13-6)10(3)4/h9,11H,3,7-8H2,1-2,4-6H3. The number of nitrogens with zero attached hydrogens (tertiary/aromatic N) is 1. The molecule has 0 aromatic heterocycles. The van der Waals surface area contributed by atoms with Crippen molar-refractivity contribution in [3.8, 4) is 0 Å². The molecule has 0 aliphatic carbocycles. The summed E-state index contributed by atoms with van der Waals surface area (Å²) in [6.45, 7) is 11.8. The maximum absolute atomic E-state index is 4.05. The zero-order valence-electron chi connectivity index (χ0n) is 9.63. The monoisotopic (exact) mass is 201 g/mol. The minimum atomic E-state index is 0.539. The maximum Gasteiger partial charge on any atom is 0.0389 e. The Balaban J connectivity index is 4.10. The molecule has 0 saturated heterocycles. The molecule has 0 saturated carbocycles. The van der Waals surface area contributed by atoms with Crippen LogP contribution in [0.15, 0.2) is 12.2 Å². The Hall–Kier alpha value is 0.0500. The number of rotatable bonds is 6. The summed E-state index contributed by atoms with van der Waals surface area (Å²) >= 11 is 1.89. The number of hydrogen-bond acceptors (Lipinski definition) is 2. The topological polar surface area (TPSA) is 3.24 Å². The molecule has 13 heavy (non-hydrogen) atoms. The van der Waals surface area contributed by atoms with Gasteiger partial charge in [-0.25, -0.2) is 0 Å². The fourth-order valence-electron chi connectivity index (χ4n) is 1.51. The first-order valence-corrected chi connectivity index (χ1v) is 6.23. The molecule has 0 bridgehead atoms. The first kappa shape index (κ1) is 13.1. The van der Waals surface area contributed by atoms with E-state index in [4.69, 9.17) is 0 Å². The van der Waals surface area contributed by atoms with Crippen LogP contribution in [0, 0.1) is 5.92 Å². The third-order valence-electron chi connectivity index (χ3n) is 2.08. The third-order valence-corrected chi connectivity index (χ3v) is 2.73. The van der Waals surface area contributed by atoms with Gasteiger partial charge in [-0.15, -0.1) is 0 Å². The van der Waals surface area contributed by atoms with Crippen molar-refractivity contribution in [2.75, 3.05) is 25.6 Å². The smallest absolute Gasteiger partial charge is 0.0389 e. The summed E-state index contributed by atoms with van der Waals surface area (Å²) in [5.74, 6) is 1.88. The SMILES string of the molecule is C=C(C)C(CSC)N(C)CC(C)C. The van der Waals surface area contributed by atoms with Gasteiger partial charge in [-0.2, -0.15) is 11.8 Å². The van der Waals surface area contributed by atoms with Crippen LogP contribution in [0.5, 0.6) is 0 Å². The van der Waals surface area contributed by atoms with E-state index in [2.05, 4.69) is 45.6 Å². The highest BCUT2D eigenvalue weighted by Gasteiger charge is 2.15. The Morgan fingerprint density at radius 2 is 2.00 bits per heavy atom. The van der Waals surface area contributed by atoms with Gasteiger partial charge in [-0.3, -0.25) is 4.90 Å². The van der Waals surface area contributed by atoms with Gasteiger partial charge >= 0.3 is 0 Å². The Bertz CT molecular complexity index is 154. The van der Waals surface area contributed by atoms with E-state index in [1.165, 1.54) is 5.57 Å². The van der Waals surface area contributed by atoms with Crippen LogP contribution in [0.25, 0.3) is 0 Å². The Kier molecular flexibility index (Phi) is 6.52. The molecule has 0 aliphatic heterocycles. The Labute approximate surface area is 87.6 Å². The van der Waals surface area contributed by atoms with Gasteiger partial charge in [0.05, 0.1) is 0 Å². The highest BCUT2D eigenvalue weighted by Crippen LogP contribution is 2.13. The van der Waals surface area contributed by atoms with Crippen LogP contribution < -0.4 is 0 Å². The summed E-state index contributed by atoms with van der Waals surface area (Å²) in [7, 11) is 2.19. The van der Waals surface area contributed by atoms with E-state index in [0.29, 0.717) is 6.04 Å². The summed E-state index contributed by atoms with van der Waals surface area (Å²) < 4.78 is 0. The lowest BCUT2D eigenvalue weighted by molar-refractivity contribution is 0.259. The number of likely N-dealkylation sites (N-methyl/N-ethyl adjacent to an activating group) is 1. The van der Waals surface area contributed by atoms with Crippen LogP contribution >= 0.6 is 11.8 Å². The largest absolute Gasteiger partial charge is 0.299 e. The molecule has 0 aromatic rings. The quantitative estimate of drug-likeness (QED) is 0.608. The molecule has 0 spiro atoms. The lowest BCUT2D eigenvalue weighted by Crippen LogP contribution is -2.36. The molecule has 2 heteroatoms. The van der Waals surface area contributed by atoms with Crippen LogP contribution in [-0.2, 0) is 0 Å². The molecule has 1 nitrogen and oxygen atoms in total. The lowest BCUT2D eigenvalue weighted by Gasteiger charge is -2.29. The summed E-state index contributed by atoms with van der Waals surface area (Å²) in [6, 6.07) is 0.539. The first-order chi connectivity index (χ1) is 5.99. The molecule has 0 fully saturated rings. The average Bonchev–Trinajstić information content (AvgIpc) is 1.97. The van der Waals surface area contributed by atoms with E-state index < -0.39 is 0 Å². The molecule has 0 rings (SSSR count). The van der Waals surface area contributed by atoms with Gasteiger partial charge in [0.25, 0.3) is 0 Å². The van der Waals surface area contributed by atoms with Gasteiger partial charge in [0.2, 0.25) is 0 Å². The van der Waals surface area contributed by atoms with E-state index in [0.717, 1.165) is 18.2 Å². The van der Waals surface area contributed by atoms with Gasteiger partial charge in [0, 0.05) is 18.3 Å². The van der Waals surface area contributed by atoms with Gasteiger partial charge in [-0.05, 0) is 26.1 Å². The second-order valence-corrected chi connectivity index (χ2v) is 5.06. The summed E-state index contributed by atoms with van der Waals surface area (Å²) in [4.78, 5) is 2.41. The van der Waals surface area contributed by atoms with Crippen molar-refractivity contribution in [1.29, 1.82) is 0 Å². The van der Waals surface area contributed by atoms with E-state index in [9.17, 15) is 0 Å². The molecule has 1 unspecified atom stereocenters. The maximum atomic E-state index is 4.05. The zero-order valence-corrected chi connectivity index (χ0v) is 10.4. The summed E-state index contributed by atoms with van der Waals surface area (Å²) in [5.41, 5.74) is 1.28. The van der Waals surface area contributed by atoms with E-state index in [-0.39, 0.29) is 0 Å². The lowest BCUT2D eigenvalue weighted by atomic mass is 10.1. The fraction of sp³-hybridized carbons (Fsp3) is 0.818. The molecule has 0 amide bonds. The van der Waals surface area contributed by atoms with Crippen LogP contribution in [0.2, 0.25) is 0 Å². The van der Waals surface area contributed by atoms with E-state index in [1.807, 2.05) is 11.8 Å². The highest BCUT2D eigenvalue weighted by molar-refractivity contribution is 7.98. The molecular formula is C11H23NS. The van der Waals surface area contributed by atoms with Gasteiger partial charge < -0.3 is 0 Å². The molecular weight excluding hydrogens is 178 g/mol. The van der Waals surface area contributed by atoms with Crippen molar-refractivity contribution in [3.05, 3.63) is 12.2 Å². The van der Waals surface area contributed by atoms with Crippen LogP contribution in [0.1, 0.15) is 20.8 Å². The zero-order chi connectivity index (χ0) is 10.4. The molecule has 0 heterocycles. The van der Waals surface area contributed by atoms with Crippen LogP contribution in [0.4, 0.5) is 0 Å². The van der Waals surface area contributed by atoms with Crippen molar-refractivity contribution in [2.24, 2.45) is 5.92 Å². The third kappa shape index (κ3) is 5.37. The number of hydrogen-bond donors (Lipinski definition) is 0. The first-order valence-electron chi connectivity index (χ1n) is 4.83. The van der Waals surface area contributed by atoms with Crippen LogP contribution in [0.3, 0.4) is 0 Å². The molecule has 1 atom stereocenters. The minimum Gasteiger partial charge on any atom is -0.299 e. The highest BCUT2D eigenvalue weighted by atomic mass is 32.2. The van der Waals surface area contributed by atoms with E-state index in [1.54, 1.807) is 0 Å². The second kappa shape index (κ2) is 6.50. The number of thioether (sulfide) groups is 1. The molecule has 0 radical (unpaired) electrons. The van der Waals surface area contributed by atoms with Crippen molar-refractivity contribution < 1.29 is 0 Å². The summed E-state index contributed by atoms with van der Waals surface area (Å²) in [6.07, 6.45) is 2.15. The van der Waals surface area contributed by atoms with Crippen molar-refractivity contribution in [3.63, 3.8) is 0 Å². The molecule has 0 aromatic carbocycles. The predicted molar refractivity (Wildman–Crippen MR) is 64.5 cm³/mol. The van der Waals surface area contributed by atoms with Crippen molar-refractivity contribution in [1.82, 2.24) is 4.90 Å². The fourth-order valence-corrected chi connectivity index (χ4v) is 2.36. The van der Waals surface area contributed by atoms with Crippen molar-refractivity contribution >= 4 is 11.8 Å². The van der Waals surface area contributed by atoms with Gasteiger partial charge in [0.1, 0.15) is 0 Å². The van der Waals surface area contributed by atoms with Gasteiger partial charge in [-0.1, -0.05) is 26.0 Å². The molecule has 0 N–H and O–H groups in total. The van der Waals surface area contributed by atoms with E-state index >= 15 is 0 Å². The molecule has 78 valence electrons.